The van der Waals surface area contributed by atoms with Crippen molar-refractivity contribution in [3.05, 3.63) is 28.7 Å². The van der Waals surface area contributed by atoms with Gasteiger partial charge in [-0.15, -0.1) is 0 Å². The Bertz CT molecular complexity index is 536. The summed E-state index contributed by atoms with van der Waals surface area (Å²) in [7, 11) is 0. The molecule has 1 aliphatic carbocycles. The molecule has 1 aliphatic rings. The van der Waals surface area contributed by atoms with Crippen molar-refractivity contribution in [3.63, 3.8) is 0 Å². The van der Waals surface area contributed by atoms with Crippen molar-refractivity contribution in [2.45, 2.75) is 38.6 Å². The van der Waals surface area contributed by atoms with Crippen molar-refractivity contribution in [1.29, 1.82) is 0 Å². The molecule has 2 unspecified atom stereocenters. The summed E-state index contributed by atoms with van der Waals surface area (Å²) in [6.45, 7) is 2.02. The summed E-state index contributed by atoms with van der Waals surface area (Å²) in [5.74, 6) is 0.798. The number of hydrogen-bond donors (Lipinski definition) is 3. The van der Waals surface area contributed by atoms with Crippen molar-refractivity contribution >= 4 is 27.9 Å². The van der Waals surface area contributed by atoms with Gasteiger partial charge >= 0.3 is 6.03 Å². The Morgan fingerprint density at radius 3 is 2.65 bits per heavy atom. The number of amides is 3. The van der Waals surface area contributed by atoms with Crippen molar-refractivity contribution in [2.24, 2.45) is 5.92 Å². The molecule has 23 heavy (non-hydrogen) atoms. The average molecular weight is 384 g/mol. The maximum absolute atomic E-state index is 11.8. The van der Waals surface area contributed by atoms with E-state index in [1.165, 1.54) is 6.42 Å². The van der Waals surface area contributed by atoms with E-state index in [9.17, 15) is 9.59 Å². The van der Waals surface area contributed by atoms with Crippen LogP contribution < -0.4 is 20.9 Å². The number of nitrogens with one attached hydrogen (secondary N) is 3. The van der Waals surface area contributed by atoms with E-state index in [4.69, 9.17) is 4.74 Å². The fourth-order valence-corrected chi connectivity index (χ4v) is 2.89. The van der Waals surface area contributed by atoms with Gasteiger partial charge in [-0.3, -0.25) is 10.2 Å². The lowest BCUT2D eigenvalue weighted by Crippen LogP contribution is -2.51. The van der Waals surface area contributed by atoms with E-state index in [2.05, 4.69) is 39.0 Å². The van der Waals surface area contributed by atoms with Gasteiger partial charge in [0.05, 0.1) is 0 Å². The summed E-state index contributed by atoms with van der Waals surface area (Å²) in [5, 5.41) is 2.87. The minimum absolute atomic E-state index is 0.164. The molecule has 1 fully saturated rings. The van der Waals surface area contributed by atoms with Crippen molar-refractivity contribution in [3.8, 4) is 5.75 Å². The van der Waals surface area contributed by atoms with Crippen molar-refractivity contribution < 1.29 is 14.3 Å². The molecule has 1 saturated carbocycles. The van der Waals surface area contributed by atoms with Crippen LogP contribution in [-0.2, 0) is 4.79 Å². The molecule has 3 amide bonds. The Labute approximate surface area is 144 Å². The summed E-state index contributed by atoms with van der Waals surface area (Å²) in [6, 6.07) is 6.94. The van der Waals surface area contributed by atoms with E-state index in [1.807, 2.05) is 12.1 Å². The molecule has 0 spiro atoms. The summed E-state index contributed by atoms with van der Waals surface area (Å²) < 4.78 is 6.25. The molecule has 0 saturated heterocycles. The zero-order valence-corrected chi connectivity index (χ0v) is 14.7. The lowest BCUT2D eigenvalue weighted by atomic mass is 9.87. The molecule has 1 aromatic rings. The van der Waals surface area contributed by atoms with Crippen LogP contribution in [0.2, 0.25) is 0 Å². The molecule has 3 N–H and O–H groups in total. The second-order valence-corrected chi connectivity index (χ2v) is 6.77. The number of ether oxygens (including phenoxy) is 1. The molecule has 0 radical (unpaired) electrons. The number of carbonyl (C=O) groups excluding carboxylic acids is 2. The molecule has 0 bridgehead atoms. The van der Waals surface area contributed by atoms with Crippen LogP contribution in [0.4, 0.5) is 4.79 Å². The molecule has 1 aromatic carbocycles. The molecule has 0 aromatic heterocycles. The maximum atomic E-state index is 11.8. The number of halogens is 1. The van der Waals surface area contributed by atoms with Gasteiger partial charge in [-0.1, -0.05) is 35.7 Å². The maximum Gasteiger partial charge on any atom is 0.333 e. The second-order valence-electron chi connectivity index (χ2n) is 5.86. The van der Waals surface area contributed by atoms with Crippen LogP contribution in [0.25, 0.3) is 0 Å². The standard InChI is InChI=1S/C16H22BrN3O3/c1-11-3-2-4-13(9-11)18-16(22)20-19-15(21)10-23-14-7-5-12(17)6-8-14/h5-8,11,13H,2-4,9-10H2,1H3,(H,19,21)(H2,18,20,22). The van der Waals surface area contributed by atoms with Crippen molar-refractivity contribution in [1.82, 2.24) is 16.2 Å². The van der Waals surface area contributed by atoms with Crippen LogP contribution >= 0.6 is 15.9 Å². The van der Waals surface area contributed by atoms with Crippen LogP contribution in [0.3, 0.4) is 0 Å². The lowest BCUT2D eigenvalue weighted by Gasteiger charge is -2.27. The van der Waals surface area contributed by atoms with Gasteiger partial charge in [-0.05, 0) is 43.0 Å². The van der Waals surface area contributed by atoms with E-state index in [0.29, 0.717) is 11.7 Å². The lowest BCUT2D eigenvalue weighted by molar-refractivity contribution is -0.123. The van der Waals surface area contributed by atoms with Gasteiger partial charge in [0.2, 0.25) is 0 Å². The number of carbonyl (C=O) groups is 2. The summed E-state index contributed by atoms with van der Waals surface area (Å²) in [4.78, 5) is 23.4. The first-order chi connectivity index (χ1) is 11.0. The van der Waals surface area contributed by atoms with E-state index in [1.54, 1.807) is 12.1 Å². The summed E-state index contributed by atoms with van der Waals surface area (Å²) >= 11 is 3.32. The van der Waals surface area contributed by atoms with Gasteiger partial charge in [0.25, 0.3) is 5.91 Å². The molecule has 126 valence electrons. The van der Waals surface area contributed by atoms with Gasteiger partial charge in [0, 0.05) is 10.5 Å². The predicted molar refractivity (Wildman–Crippen MR) is 90.9 cm³/mol. The summed E-state index contributed by atoms with van der Waals surface area (Å²) in [5.41, 5.74) is 4.68. The molecule has 7 heteroatoms. The number of rotatable bonds is 4. The zero-order chi connectivity index (χ0) is 16.7. The molecule has 0 aliphatic heterocycles. The van der Waals surface area contributed by atoms with E-state index in [-0.39, 0.29) is 18.7 Å². The van der Waals surface area contributed by atoms with Gasteiger partial charge in [-0.2, -0.15) is 0 Å². The van der Waals surface area contributed by atoms with Gasteiger partial charge in [0.1, 0.15) is 5.75 Å². The molecule has 2 atom stereocenters. The molecule has 2 rings (SSSR count). The fraction of sp³-hybridized carbons (Fsp3) is 0.500. The Balaban J connectivity index is 1.63. The van der Waals surface area contributed by atoms with Gasteiger partial charge in [-0.25, -0.2) is 10.2 Å². The van der Waals surface area contributed by atoms with Gasteiger partial charge < -0.3 is 10.1 Å². The Kier molecular flexibility index (Phi) is 6.70. The van der Waals surface area contributed by atoms with Crippen LogP contribution in [0.15, 0.2) is 28.7 Å². The minimum atomic E-state index is -0.417. The first-order valence-corrected chi connectivity index (χ1v) is 8.56. The van der Waals surface area contributed by atoms with Crippen LogP contribution in [0.5, 0.6) is 5.75 Å². The second kappa shape index (κ2) is 8.76. The van der Waals surface area contributed by atoms with Crippen LogP contribution in [0, 0.1) is 5.92 Å². The molecule has 0 heterocycles. The molecular formula is C16H22BrN3O3. The third kappa shape index (κ3) is 6.48. The largest absolute Gasteiger partial charge is 0.484 e. The third-order valence-corrected chi connectivity index (χ3v) is 4.30. The SMILES string of the molecule is CC1CCCC(NC(=O)NNC(=O)COc2ccc(Br)cc2)C1. The number of hydrazine groups is 1. The highest BCUT2D eigenvalue weighted by molar-refractivity contribution is 9.10. The summed E-state index contributed by atoms with van der Waals surface area (Å²) in [6.07, 6.45) is 4.30. The van der Waals surface area contributed by atoms with E-state index < -0.39 is 5.91 Å². The van der Waals surface area contributed by atoms with E-state index in [0.717, 1.165) is 23.7 Å². The Hall–Kier alpha value is -1.76. The first-order valence-electron chi connectivity index (χ1n) is 7.76. The Morgan fingerprint density at radius 2 is 1.96 bits per heavy atom. The number of urea groups is 1. The minimum Gasteiger partial charge on any atom is -0.484 e. The fourth-order valence-electron chi connectivity index (χ4n) is 2.63. The topological polar surface area (TPSA) is 79.5 Å². The van der Waals surface area contributed by atoms with Crippen LogP contribution in [0.1, 0.15) is 32.6 Å². The van der Waals surface area contributed by atoms with E-state index >= 15 is 0 Å². The Morgan fingerprint density at radius 1 is 1.22 bits per heavy atom. The predicted octanol–water partition coefficient (Wildman–Crippen LogP) is 2.74. The van der Waals surface area contributed by atoms with Gasteiger partial charge in [0.15, 0.2) is 6.61 Å². The van der Waals surface area contributed by atoms with Crippen LogP contribution in [-0.4, -0.2) is 24.6 Å². The quantitative estimate of drug-likeness (QED) is 0.699. The highest BCUT2D eigenvalue weighted by Crippen LogP contribution is 2.23. The molecule has 6 nitrogen and oxygen atoms in total. The zero-order valence-electron chi connectivity index (χ0n) is 13.1. The monoisotopic (exact) mass is 383 g/mol. The van der Waals surface area contributed by atoms with Crippen molar-refractivity contribution in [2.75, 3.05) is 6.61 Å². The first kappa shape index (κ1) is 17.6. The normalized spacial score (nSPS) is 20.4. The number of hydrogen-bond acceptors (Lipinski definition) is 3. The molecular weight excluding hydrogens is 362 g/mol. The third-order valence-electron chi connectivity index (χ3n) is 3.77. The highest BCUT2D eigenvalue weighted by atomic mass is 79.9. The highest BCUT2D eigenvalue weighted by Gasteiger charge is 2.20. The smallest absolute Gasteiger partial charge is 0.333 e. The number of benzene rings is 1. The average Bonchev–Trinajstić information content (AvgIpc) is 2.52.